The lowest BCUT2D eigenvalue weighted by molar-refractivity contribution is 0.101. The van der Waals surface area contributed by atoms with Crippen molar-refractivity contribution in [1.82, 2.24) is 0 Å². The average Bonchev–Trinajstić information content (AvgIpc) is 2.18. The van der Waals surface area contributed by atoms with Crippen LogP contribution in [0.4, 0.5) is 0 Å². The molecule has 0 radical (unpaired) electrons. The van der Waals surface area contributed by atoms with E-state index in [2.05, 4.69) is 15.9 Å². The average molecular weight is 268 g/mol. The van der Waals surface area contributed by atoms with Gasteiger partial charge in [0.25, 0.3) is 0 Å². The van der Waals surface area contributed by atoms with E-state index >= 15 is 0 Å². The molecule has 0 amide bonds. The van der Waals surface area contributed by atoms with Crippen molar-refractivity contribution in [2.24, 2.45) is 0 Å². The number of rotatable bonds is 3. The standard InChI is InChI=1S/C11H10BrNO2/c1-3-15-11-8(6-13)4-5-9(12)10(11)7(2)14/h4-5H,3H2,1-2H3. The van der Waals surface area contributed by atoms with E-state index < -0.39 is 0 Å². The highest BCUT2D eigenvalue weighted by Gasteiger charge is 2.16. The van der Waals surface area contributed by atoms with Gasteiger partial charge in [0.15, 0.2) is 5.78 Å². The fourth-order valence-electron chi connectivity index (χ4n) is 1.27. The van der Waals surface area contributed by atoms with Crippen molar-refractivity contribution in [1.29, 1.82) is 5.26 Å². The first-order chi connectivity index (χ1) is 7.11. The number of nitriles is 1. The van der Waals surface area contributed by atoms with Crippen LogP contribution in [0.2, 0.25) is 0 Å². The summed E-state index contributed by atoms with van der Waals surface area (Å²) in [6.07, 6.45) is 0. The summed E-state index contributed by atoms with van der Waals surface area (Å²) in [7, 11) is 0. The van der Waals surface area contributed by atoms with Gasteiger partial charge >= 0.3 is 0 Å². The number of ketones is 1. The molecule has 0 atom stereocenters. The fraction of sp³-hybridized carbons (Fsp3) is 0.273. The van der Waals surface area contributed by atoms with Crippen molar-refractivity contribution < 1.29 is 9.53 Å². The van der Waals surface area contributed by atoms with Crippen molar-refractivity contribution in [3.8, 4) is 11.8 Å². The van der Waals surface area contributed by atoms with Crippen molar-refractivity contribution in [2.45, 2.75) is 13.8 Å². The first-order valence-corrected chi connectivity index (χ1v) is 5.27. The summed E-state index contributed by atoms with van der Waals surface area (Å²) >= 11 is 3.27. The predicted molar refractivity (Wildman–Crippen MR) is 60.0 cm³/mol. The van der Waals surface area contributed by atoms with E-state index in [0.717, 1.165) is 0 Å². The van der Waals surface area contributed by atoms with Crippen LogP contribution in [-0.2, 0) is 0 Å². The molecule has 1 aromatic rings. The predicted octanol–water partition coefficient (Wildman–Crippen LogP) is 2.92. The summed E-state index contributed by atoms with van der Waals surface area (Å²) in [5.74, 6) is 0.240. The van der Waals surface area contributed by atoms with E-state index in [-0.39, 0.29) is 5.78 Å². The largest absolute Gasteiger partial charge is 0.492 e. The Balaban J connectivity index is 3.45. The van der Waals surface area contributed by atoms with Gasteiger partial charge in [0.05, 0.1) is 17.7 Å². The molecule has 0 aliphatic carbocycles. The molecule has 0 unspecified atom stereocenters. The Hall–Kier alpha value is -1.34. The Morgan fingerprint density at radius 1 is 1.60 bits per heavy atom. The van der Waals surface area contributed by atoms with Gasteiger partial charge in [-0.05, 0) is 41.9 Å². The third kappa shape index (κ3) is 2.37. The van der Waals surface area contributed by atoms with E-state index in [4.69, 9.17) is 10.00 Å². The van der Waals surface area contributed by atoms with Crippen LogP contribution in [-0.4, -0.2) is 12.4 Å². The Labute approximate surface area is 96.8 Å². The van der Waals surface area contributed by atoms with E-state index in [1.807, 2.05) is 13.0 Å². The van der Waals surface area contributed by atoms with Gasteiger partial charge in [-0.15, -0.1) is 0 Å². The number of ether oxygens (including phenoxy) is 1. The zero-order valence-electron chi connectivity index (χ0n) is 8.50. The first-order valence-electron chi connectivity index (χ1n) is 4.48. The van der Waals surface area contributed by atoms with Gasteiger partial charge < -0.3 is 4.74 Å². The number of Topliss-reactive ketones (excluding diaryl/α,β-unsaturated/α-hetero) is 1. The van der Waals surface area contributed by atoms with Crippen LogP contribution in [0.3, 0.4) is 0 Å². The molecule has 0 heterocycles. The molecule has 1 aromatic carbocycles. The van der Waals surface area contributed by atoms with Crippen molar-refractivity contribution >= 4 is 21.7 Å². The summed E-state index contributed by atoms with van der Waals surface area (Å²) in [5.41, 5.74) is 0.807. The van der Waals surface area contributed by atoms with Crippen LogP contribution in [0.1, 0.15) is 29.8 Å². The molecule has 4 heteroatoms. The molecular formula is C11H10BrNO2. The second kappa shape index (κ2) is 4.94. The Morgan fingerprint density at radius 2 is 2.27 bits per heavy atom. The number of carbonyl (C=O) groups excluding carboxylic acids is 1. The minimum absolute atomic E-state index is 0.123. The highest BCUT2D eigenvalue weighted by atomic mass is 79.9. The molecule has 0 saturated heterocycles. The summed E-state index contributed by atoms with van der Waals surface area (Å²) in [4.78, 5) is 11.4. The van der Waals surface area contributed by atoms with Crippen LogP contribution in [0.15, 0.2) is 16.6 Å². The molecule has 0 bridgehead atoms. The third-order valence-corrected chi connectivity index (χ3v) is 2.53. The Bertz CT molecular complexity index is 435. The SMILES string of the molecule is CCOc1c(C#N)ccc(Br)c1C(C)=O. The molecule has 0 N–H and O–H groups in total. The molecule has 1 rings (SSSR count). The molecule has 0 spiro atoms. The number of carbonyl (C=O) groups is 1. The van der Waals surface area contributed by atoms with Crippen LogP contribution in [0.5, 0.6) is 5.75 Å². The van der Waals surface area contributed by atoms with Crippen LogP contribution >= 0.6 is 15.9 Å². The van der Waals surface area contributed by atoms with E-state index in [1.165, 1.54) is 6.92 Å². The number of nitrogens with zero attached hydrogens (tertiary/aromatic N) is 1. The smallest absolute Gasteiger partial charge is 0.164 e. The highest BCUT2D eigenvalue weighted by Crippen LogP contribution is 2.30. The lowest BCUT2D eigenvalue weighted by atomic mass is 10.1. The van der Waals surface area contributed by atoms with Gasteiger partial charge in [0.2, 0.25) is 0 Å². The fourth-order valence-corrected chi connectivity index (χ4v) is 1.86. The minimum atomic E-state index is -0.123. The normalized spacial score (nSPS) is 9.47. The lowest BCUT2D eigenvalue weighted by Gasteiger charge is -2.11. The highest BCUT2D eigenvalue weighted by molar-refractivity contribution is 9.10. The van der Waals surface area contributed by atoms with Gasteiger partial charge in [-0.3, -0.25) is 4.79 Å². The van der Waals surface area contributed by atoms with Crippen LogP contribution in [0.25, 0.3) is 0 Å². The lowest BCUT2D eigenvalue weighted by Crippen LogP contribution is -2.03. The topological polar surface area (TPSA) is 50.1 Å². The van der Waals surface area contributed by atoms with Crippen molar-refractivity contribution in [3.63, 3.8) is 0 Å². The second-order valence-corrected chi connectivity index (χ2v) is 3.75. The first kappa shape index (κ1) is 11.7. The quantitative estimate of drug-likeness (QED) is 0.792. The van der Waals surface area contributed by atoms with Crippen LogP contribution < -0.4 is 4.74 Å². The maximum atomic E-state index is 11.4. The number of hydrogen-bond acceptors (Lipinski definition) is 3. The van der Waals surface area contributed by atoms with Crippen molar-refractivity contribution in [2.75, 3.05) is 6.61 Å². The maximum absolute atomic E-state index is 11.4. The Morgan fingerprint density at radius 3 is 2.73 bits per heavy atom. The molecule has 78 valence electrons. The van der Waals surface area contributed by atoms with Crippen LogP contribution in [0, 0.1) is 11.3 Å². The van der Waals surface area contributed by atoms with Gasteiger partial charge in [0.1, 0.15) is 11.8 Å². The van der Waals surface area contributed by atoms with E-state index in [1.54, 1.807) is 12.1 Å². The van der Waals surface area contributed by atoms with E-state index in [9.17, 15) is 4.79 Å². The number of benzene rings is 1. The summed E-state index contributed by atoms with van der Waals surface area (Å²) in [6.45, 7) is 3.68. The number of hydrogen-bond donors (Lipinski definition) is 0. The third-order valence-electron chi connectivity index (χ3n) is 1.87. The summed E-state index contributed by atoms with van der Waals surface area (Å²) in [5, 5.41) is 8.89. The number of halogens is 1. The van der Waals surface area contributed by atoms with Crippen molar-refractivity contribution in [3.05, 3.63) is 27.7 Å². The second-order valence-electron chi connectivity index (χ2n) is 2.90. The molecule has 0 aromatic heterocycles. The maximum Gasteiger partial charge on any atom is 0.164 e. The minimum Gasteiger partial charge on any atom is -0.492 e. The van der Waals surface area contributed by atoms with Gasteiger partial charge in [-0.1, -0.05) is 0 Å². The molecule has 3 nitrogen and oxygen atoms in total. The zero-order chi connectivity index (χ0) is 11.4. The zero-order valence-corrected chi connectivity index (χ0v) is 10.1. The molecule has 0 aliphatic heterocycles. The van der Waals surface area contributed by atoms with Gasteiger partial charge in [-0.2, -0.15) is 5.26 Å². The monoisotopic (exact) mass is 267 g/mol. The van der Waals surface area contributed by atoms with E-state index in [0.29, 0.717) is 28.0 Å². The van der Waals surface area contributed by atoms with Gasteiger partial charge in [-0.25, -0.2) is 0 Å². The molecule has 0 fully saturated rings. The molecular weight excluding hydrogens is 258 g/mol. The summed E-state index contributed by atoms with van der Waals surface area (Å²) in [6, 6.07) is 5.31. The molecule has 0 saturated carbocycles. The van der Waals surface area contributed by atoms with Gasteiger partial charge in [0, 0.05) is 4.47 Å². The molecule has 0 aliphatic rings. The summed E-state index contributed by atoms with van der Waals surface area (Å²) < 4.78 is 5.98. The molecule has 15 heavy (non-hydrogen) atoms. The Kier molecular flexibility index (Phi) is 3.87.